The number of hydrogen-bond donors (Lipinski definition) is 2. The number of rotatable bonds is 8. The number of hydrogen-bond acceptors (Lipinski definition) is 6. The number of carbonyl (C=O) groups excluding carboxylic acids is 4. The fourth-order valence-electron chi connectivity index (χ4n) is 6.20. The van der Waals surface area contributed by atoms with Gasteiger partial charge in [0.1, 0.15) is 24.1 Å². The molecule has 4 aromatic rings. The predicted molar refractivity (Wildman–Crippen MR) is 157 cm³/mol. The third-order valence-electron chi connectivity index (χ3n) is 8.18. The van der Waals surface area contributed by atoms with E-state index in [1.54, 1.807) is 53.6 Å². The van der Waals surface area contributed by atoms with Gasteiger partial charge in [0.2, 0.25) is 11.8 Å². The summed E-state index contributed by atoms with van der Waals surface area (Å²) in [5.41, 5.74) is 1.81. The topological polar surface area (TPSA) is 126 Å². The summed E-state index contributed by atoms with van der Waals surface area (Å²) in [6.45, 7) is 1.16. The molecule has 2 aromatic carbocycles. The van der Waals surface area contributed by atoms with Crippen LogP contribution >= 0.6 is 11.6 Å². The molecule has 3 heterocycles. The highest BCUT2D eigenvalue weighted by molar-refractivity contribution is 6.30. The van der Waals surface area contributed by atoms with Crippen molar-refractivity contribution in [2.45, 2.75) is 51.4 Å². The largest absolute Gasteiger partial charge is 0.350 e. The van der Waals surface area contributed by atoms with E-state index in [1.807, 2.05) is 0 Å². The Hall–Kier alpha value is -4.64. The van der Waals surface area contributed by atoms with Crippen molar-refractivity contribution in [1.29, 1.82) is 0 Å². The zero-order chi connectivity index (χ0) is 30.2. The quantitative estimate of drug-likeness (QED) is 0.288. The van der Waals surface area contributed by atoms with Crippen molar-refractivity contribution in [2.24, 2.45) is 5.92 Å². The van der Waals surface area contributed by atoms with E-state index >= 15 is 0 Å². The van der Waals surface area contributed by atoms with Gasteiger partial charge in [-0.2, -0.15) is 5.10 Å². The molecule has 0 unspecified atom stereocenters. The number of piperidine rings is 1. The van der Waals surface area contributed by atoms with Gasteiger partial charge < -0.3 is 15.5 Å². The summed E-state index contributed by atoms with van der Waals surface area (Å²) < 4.78 is 15.8. The van der Waals surface area contributed by atoms with E-state index in [9.17, 15) is 23.6 Å². The lowest BCUT2D eigenvalue weighted by atomic mass is 9.97. The van der Waals surface area contributed by atoms with Gasteiger partial charge in [-0.25, -0.2) is 4.39 Å². The molecule has 10 nitrogen and oxygen atoms in total. The molecule has 1 aliphatic heterocycles. The minimum absolute atomic E-state index is 0.00582. The molecule has 6 rings (SSSR count). The smallest absolute Gasteiger partial charge is 0.257 e. The maximum atomic E-state index is 14.4. The molecule has 0 radical (unpaired) electrons. The number of likely N-dealkylation sites (tertiary alicyclic amines) is 1. The van der Waals surface area contributed by atoms with Crippen LogP contribution in [-0.4, -0.2) is 55.3 Å². The predicted octanol–water partition coefficient (Wildman–Crippen LogP) is 4.37. The Kier molecular flexibility index (Phi) is 7.66. The van der Waals surface area contributed by atoms with E-state index < -0.39 is 11.9 Å². The van der Waals surface area contributed by atoms with E-state index in [1.165, 1.54) is 23.9 Å². The lowest BCUT2D eigenvalue weighted by Gasteiger charge is -2.34. The standard InChI is InChI=1S/C31H28ClFN6O4/c1-17(40)28-23-13-21(36-30(42)20-5-3-11-34-14-20)8-10-25(23)38(37-28)16-26(41)39-22-9-7-18(12-22)29(39)31(43)35-15-19-4-2-6-24(32)27(19)33/h2-6,8,10-11,13-14,18,22,29H,7,9,12,15-16H2,1H3,(H,35,43)(H,36,42)/t18-,22+,29-/m0/s1. The van der Waals surface area contributed by atoms with Crippen LogP contribution in [0.2, 0.25) is 5.02 Å². The number of nitrogens with zero attached hydrogens (tertiary/aromatic N) is 4. The van der Waals surface area contributed by atoms with Crippen molar-refractivity contribution < 1.29 is 23.6 Å². The summed E-state index contributed by atoms with van der Waals surface area (Å²) in [7, 11) is 0. The minimum Gasteiger partial charge on any atom is -0.350 e. The maximum absolute atomic E-state index is 14.4. The van der Waals surface area contributed by atoms with Gasteiger partial charge >= 0.3 is 0 Å². The van der Waals surface area contributed by atoms with Crippen molar-refractivity contribution in [2.75, 3.05) is 5.32 Å². The second-order valence-corrected chi connectivity index (χ2v) is 11.3. The van der Waals surface area contributed by atoms with Crippen LogP contribution in [0.3, 0.4) is 0 Å². The average molecular weight is 603 g/mol. The summed E-state index contributed by atoms with van der Waals surface area (Å²) in [4.78, 5) is 57.8. The monoisotopic (exact) mass is 602 g/mol. The van der Waals surface area contributed by atoms with E-state index in [2.05, 4.69) is 20.7 Å². The van der Waals surface area contributed by atoms with Crippen LogP contribution in [0.15, 0.2) is 60.9 Å². The second-order valence-electron chi connectivity index (χ2n) is 10.9. The SMILES string of the molecule is CC(=O)c1nn(CC(=O)N2[C@@H]3CC[C@@H](C3)[C@H]2C(=O)NCc2cccc(Cl)c2F)c2ccc(NC(=O)c3cccnc3)cc12. The third kappa shape index (κ3) is 5.48. The molecular weight excluding hydrogens is 575 g/mol. The summed E-state index contributed by atoms with van der Waals surface area (Å²) in [5.74, 6) is -1.87. The number of fused-ring (bicyclic) bond motifs is 3. The highest BCUT2D eigenvalue weighted by Gasteiger charge is 2.51. The summed E-state index contributed by atoms with van der Waals surface area (Å²) in [6.07, 6.45) is 5.36. The second kappa shape index (κ2) is 11.6. The first-order chi connectivity index (χ1) is 20.7. The minimum atomic E-state index is -0.683. The molecule has 220 valence electrons. The zero-order valence-electron chi connectivity index (χ0n) is 23.2. The zero-order valence-corrected chi connectivity index (χ0v) is 24.0. The van der Waals surface area contributed by atoms with Crippen molar-refractivity contribution in [3.63, 3.8) is 0 Å². The van der Waals surface area contributed by atoms with Gasteiger partial charge in [0.05, 0.1) is 16.1 Å². The van der Waals surface area contributed by atoms with Crippen LogP contribution in [0.5, 0.6) is 0 Å². The summed E-state index contributed by atoms with van der Waals surface area (Å²) in [5, 5.41) is 10.5. The molecule has 2 N–H and O–H groups in total. The van der Waals surface area contributed by atoms with E-state index in [-0.39, 0.29) is 64.8 Å². The van der Waals surface area contributed by atoms with Crippen LogP contribution in [-0.2, 0) is 22.7 Å². The molecule has 1 saturated carbocycles. The van der Waals surface area contributed by atoms with Crippen molar-refractivity contribution in [1.82, 2.24) is 25.0 Å². The molecule has 0 spiro atoms. The van der Waals surface area contributed by atoms with Crippen molar-refractivity contribution in [3.8, 4) is 0 Å². The average Bonchev–Trinajstić information content (AvgIpc) is 3.72. The highest BCUT2D eigenvalue weighted by atomic mass is 35.5. The molecule has 1 aliphatic carbocycles. The number of benzene rings is 2. The molecule has 2 aliphatic rings. The number of aromatic nitrogens is 3. The Morgan fingerprint density at radius 1 is 1.09 bits per heavy atom. The first kappa shape index (κ1) is 28.5. The fourth-order valence-corrected chi connectivity index (χ4v) is 6.40. The Labute approximate surface area is 251 Å². The Balaban J connectivity index is 1.21. The van der Waals surface area contributed by atoms with Crippen LogP contribution in [0.25, 0.3) is 10.9 Å². The number of amides is 3. The van der Waals surface area contributed by atoms with Crippen LogP contribution in [0.4, 0.5) is 10.1 Å². The first-order valence-corrected chi connectivity index (χ1v) is 14.3. The molecular formula is C31H28ClFN6O4. The van der Waals surface area contributed by atoms with Crippen LogP contribution in [0.1, 0.15) is 52.6 Å². The van der Waals surface area contributed by atoms with Gasteiger partial charge in [-0.05, 0) is 61.6 Å². The van der Waals surface area contributed by atoms with E-state index in [0.717, 1.165) is 12.8 Å². The van der Waals surface area contributed by atoms with Gasteiger partial charge in [0, 0.05) is 48.5 Å². The van der Waals surface area contributed by atoms with Gasteiger partial charge in [-0.1, -0.05) is 23.7 Å². The summed E-state index contributed by atoms with van der Waals surface area (Å²) >= 11 is 5.88. The Bertz CT molecular complexity index is 1760. The number of nitrogens with one attached hydrogen (secondary N) is 2. The Morgan fingerprint density at radius 3 is 2.70 bits per heavy atom. The molecule has 3 atom stereocenters. The molecule has 12 heteroatoms. The first-order valence-electron chi connectivity index (χ1n) is 14.0. The normalized spacial score (nSPS) is 19.0. The molecule has 2 aromatic heterocycles. The third-order valence-corrected chi connectivity index (χ3v) is 8.47. The lowest BCUT2D eigenvalue weighted by Crippen LogP contribution is -2.53. The molecule has 2 fully saturated rings. The fraction of sp³-hybridized carbons (Fsp3) is 0.290. The molecule has 3 amide bonds. The summed E-state index contributed by atoms with van der Waals surface area (Å²) in [6, 6.07) is 12.2. The molecule has 2 bridgehead atoms. The van der Waals surface area contributed by atoms with E-state index in [4.69, 9.17) is 11.6 Å². The van der Waals surface area contributed by atoms with Crippen LogP contribution in [0, 0.1) is 11.7 Å². The van der Waals surface area contributed by atoms with Gasteiger partial charge in [-0.3, -0.25) is 28.8 Å². The van der Waals surface area contributed by atoms with Gasteiger partial charge in [-0.15, -0.1) is 0 Å². The van der Waals surface area contributed by atoms with Crippen LogP contribution < -0.4 is 10.6 Å². The number of anilines is 1. The van der Waals surface area contributed by atoms with Gasteiger partial charge in [0.15, 0.2) is 5.78 Å². The Morgan fingerprint density at radius 2 is 1.93 bits per heavy atom. The van der Waals surface area contributed by atoms with Crippen molar-refractivity contribution >= 4 is 51.7 Å². The number of ketones is 1. The number of pyridine rings is 1. The molecule has 43 heavy (non-hydrogen) atoms. The number of halogens is 2. The van der Waals surface area contributed by atoms with E-state index in [0.29, 0.717) is 28.6 Å². The number of Topliss-reactive ketones (excluding diaryl/α,β-unsaturated/α-hetero) is 1. The highest BCUT2D eigenvalue weighted by Crippen LogP contribution is 2.43. The molecule has 1 saturated heterocycles. The lowest BCUT2D eigenvalue weighted by molar-refractivity contribution is -0.143. The van der Waals surface area contributed by atoms with Crippen molar-refractivity contribution in [3.05, 3.63) is 88.6 Å². The van der Waals surface area contributed by atoms with Gasteiger partial charge in [0.25, 0.3) is 5.91 Å². The maximum Gasteiger partial charge on any atom is 0.257 e. The number of carbonyl (C=O) groups is 4.